The van der Waals surface area contributed by atoms with Gasteiger partial charge < -0.3 is 10.2 Å². The summed E-state index contributed by atoms with van der Waals surface area (Å²) in [7, 11) is -3.51. The van der Waals surface area contributed by atoms with Gasteiger partial charge in [-0.25, -0.2) is 8.42 Å². The van der Waals surface area contributed by atoms with Gasteiger partial charge in [0.2, 0.25) is 15.9 Å². The summed E-state index contributed by atoms with van der Waals surface area (Å²) in [5, 5.41) is 3.34. The molecule has 3 aliphatic heterocycles. The molecule has 7 nitrogen and oxygen atoms in total. The molecule has 2 saturated heterocycles. The third-order valence-electron chi connectivity index (χ3n) is 6.65. The number of fused-ring (bicyclic) bond motifs is 1. The molecule has 164 valence electrons. The Labute approximate surface area is 183 Å². The molecule has 2 aromatic rings. The van der Waals surface area contributed by atoms with Crippen molar-refractivity contribution in [3.63, 3.8) is 0 Å². The molecule has 1 unspecified atom stereocenters. The van der Waals surface area contributed by atoms with Crippen LogP contribution in [-0.2, 0) is 21.4 Å². The van der Waals surface area contributed by atoms with Gasteiger partial charge in [0.25, 0.3) is 0 Å². The predicted molar refractivity (Wildman–Crippen MR) is 119 cm³/mol. The summed E-state index contributed by atoms with van der Waals surface area (Å²) in [6.45, 7) is 3.88. The highest BCUT2D eigenvalue weighted by Gasteiger charge is 2.39. The van der Waals surface area contributed by atoms with Crippen molar-refractivity contribution in [2.24, 2.45) is 11.8 Å². The second kappa shape index (κ2) is 8.26. The molecule has 8 heteroatoms. The van der Waals surface area contributed by atoms with E-state index in [1.54, 1.807) is 18.2 Å². The van der Waals surface area contributed by atoms with E-state index >= 15 is 0 Å². The van der Waals surface area contributed by atoms with Crippen molar-refractivity contribution in [1.29, 1.82) is 0 Å². The van der Waals surface area contributed by atoms with Gasteiger partial charge in [-0.2, -0.15) is 4.72 Å². The largest absolute Gasteiger partial charge is 0.368 e. The minimum atomic E-state index is -3.51. The second-order valence-electron chi connectivity index (χ2n) is 8.78. The first-order valence-corrected chi connectivity index (χ1v) is 12.4. The van der Waals surface area contributed by atoms with Crippen LogP contribution in [0, 0.1) is 11.8 Å². The molecule has 31 heavy (non-hydrogen) atoms. The maximum absolute atomic E-state index is 12.9. The fourth-order valence-corrected chi connectivity index (χ4v) is 6.26. The van der Waals surface area contributed by atoms with Gasteiger partial charge in [-0.3, -0.25) is 9.69 Å². The third kappa shape index (κ3) is 4.20. The molecular weight excluding hydrogens is 412 g/mol. The summed E-state index contributed by atoms with van der Waals surface area (Å²) in [5.74, 6) is 0.479. The van der Waals surface area contributed by atoms with Crippen LogP contribution in [0.5, 0.6) is 0 Å². The molecule has 5 rings (SSSR count). The third-order valence-corrected chi connectivity index (χ3v) is 8.15. The number of piperidine rings is 1. The van der Waals surface area contributed by atoms with Gasteiger partial charge in [0.15, 0.2) is 0 Å². The number of amides is 1. The molecule has 3 heterocycles. The van der Waals surface area contributed by atoms with Crippen LogP contribution in [-0.4, -0.2) is 56.5 Å². The van der Waals surface area contributed by atoms with Gasteiger partial charge in [0.05, 0.1) is 17.8 Å². The fourth-order valence-electron chi connectivity index (χ4n) is 4.87. The quantitative estimate of drug-likeness (QED) is 0.761. The lowest BCUT2D eigenvalue weighted by molar-refractivity contribution is -0.142. The molecule has 0 aliphatic carbocycles. The van der Waals surface area contributed by atoms with Crippen molar-refractivity contribution < 1.29 is 13.2 Å². The molecule has 3 aliphatic rings. The normalized spacial score (nSPS) is 24.1. The summed E-state index contributed by atoms with van der Waals surface area (Å²) in [4.78, 5) is 17.5. The number of nitrogens with one attached hydrogen (secondary N) is 2. The van der Waals surface area contributed by atoms with Crippen LogP contribution < -0.4 is 10.0 Å². The molecule has 0 spiro atoms. The van der Waals surface area contributed by atoms with Crippen molar-refractivity contribution in [2.75, 3.05) is 31.5 Å². The van der Waals surface area contributed by atoms with Gasteiger partial charge in [0.1, 0.15) is 4.90 Å². The Balaban J connectivity index is 1.12. The lowest BCUT2D eigenvalue weighted by Gasteiger charge is -2.43. The zero-order chi connectivity index (χ0) is 21.4. The number of sulfonamides is 1. The van der Waals surface area contributed by atoms with E-state index in [9.17, 15) is 13.2 Å². The van der Waals surface area contributed by atoms with Gasteiger partial charge in [-0.15, -0.1) is 0 Å². The Bertz CT molecular complexity index is 1050. The van der Waals surface area contributed by atoms with Crippen LogP contribution >= 0.6 is 0 Å². The van der Waals surface area contributed by atoms with E-state index in [1.165, 1.54) is 5.56 Å². The Kier molecular flexibility index (Phi) is 5.45. The monoisotopic (exact) mass is 440 g/mol. The molecule has 2 N–H and O–H groups in total. The Morgan fingerprint density at radius 3 is 2.39 bits per heavy atom. The number of carbonyl (C=O) groups is 1. The number of anilines is 1. The van der Waals surface area contributed by atoms with Crippen molar-refractivity contribution in [3.05, 3.63) is 60.2 Å². The molecule has 1 amide bonds. The second-order valence-corrected chi connectivity index (χ2v) is 10.5. The van der Waals surface area contributed by atoms with Crippen LogP contribution in [0.15, 0.2) is 59.5 Å². The smallest absolute Gasteiger partial charge is 0.244 e. The molecule has 1 atom stereocenters. The van der Waals surface area contributed by atoms with E-state index in [2.05, 4.69) is 27.1 Å². The highest BCUT2D eigenvalue weighted by atomic mass is 32.2. The standard InChI is InChI=1S/C23H28N4O3S/c28-23(19-15-26(16-19)14-17-6-2-1-3-7-17)27-12-10-18(11-13-27)22-24-20-8-4-5-9-21(20)31(29,30)25-22/h1-9,18-19,22,24-25H,10-16H2. The van der Waals surface area contributed by atoms with Crippen molar-refractivity contribution in [3.8, 4) is 0 Å². The number of nitrogens with zero attached hydrogens (tertiary/aromatic N) is 2. The fraction of sp³-hybridized carbons (Fsp3) is 0.435. The van der Waals surface area contributed by atoms with Gasteiger partial charge >= 0.3 is 0 Å². The number of hydrogen-bond donors (Lipinski definition) is 2. The topological polar surface area (TPSA) is 81.8 Å². The maximum atomic E-state index is 12.9. The first-order chi connectivity index (χ1) is 15.0. The van der Waals surface area contributed by atoms with Crippen molar-refractivity contribution >= 4 is 21.6 Å². The zero-order valence-corrected chi connectivity index (χ0v) is 18.2. The van der Waals surface area contributed by atoms with Crippen LogP contribution in [0.3, 0.4) is 0 Å². The van der Waals surface area contributed by atoms with Crippen LogP contribution in [0.2, 0.25) is 0 Å². The summed E-state index contributed by atoms with van der Waals surface area (Å²) < 4.78 is 27.9. The van der Waals surface area contributed by atoms with Crippen LogP contribution in [0.1, 0.15) is 18.4 Å². The number of rotatable bonds is 4. The van der Waals surface area contributed by atoms with Gasteiger partial charge in [-0.1, -0.05) is 42.5 Å². The molecule has 0 radical (unpaired) electrons. The molecular formula is C23H28N4O3S. The Hall–Kier alpha value is -2.42. The van der Waals surface area contributed by atoms with E-state index in [-0.39, 0.29) is 23.9 Å². The highest BCUT2D eigenvalue weighted by Crippen LogP contribution is 2.31. The molecule has 2 fully saturated rings. The van der Waals surface area contributed by atoms with E-state index in [4.69, 9.17) is 0 Å². The minimum Gasteiger partial charge on any atom is -0.368 e. The number of para-hydroxylation sites is 1. The van der Waals surface area contributed by atoms with E-state index in [1.807, 2.05) is 29.2 Å². The zero-order valence-electron chi connectivity index (χ0n) is 17.4. The number of benzene rings is 2. The molecule has 0 bridgehead atoms. The predicted octanol–water partition coefficient (Wildman–Crippen LogP) is 2.09. The number of hydrogen-bond acceptors (Lipinski definition) is 5. The lowest BCUT2D eigenvalue weighted by Crippen LogP contribution is -2.56. The van der Waals surface area contributed by atoms with Crippen molar-refractivity contribution in [1.82, 2.24) is 14.5 Å². The van der Waals surface area contributed by atoms with E-state index in [0.717, 1.165) is 32.5 Å². The summed E-state index contributed by atoms with van der Waals surface area (Å²) in [5.41, 5.74) is 1.93. The summed E-state index contributed by atoms with van der Waals surface area (Å²) in [6, 6.07) is 17.3. The van der Waals surface area contributed by atoms with Crippen LogP contribution in [0.4, 0.5) is 5.69 Å². The number of likely N-dealkylation sites (tertiary alicyclic amines) is 2. The lowest BCUT2D eigenvalue weighted by atomic mass is 9.91. The average molecular weight is 441 g/mol. The van der Waals surface area contributed by atoms with E-state index in [0.29, 0.717) is 23.7 Å². The maximum Gasteiger partial charge on any atom is 0.244 e. The van der Waals surface area contributed by atoms with Gasteiger partial charge in [0, 0.05) is 32.7 Å². The number of carbonyl (C=O) groups excluding carboxylic acids is 1. The first kappa shape index (κ1) is 20.5. The van der Waals surface area contributed by atoms with Crippen molar-refractivity contribution in [2.45, 2.75) is 30.4 Å². The molecule has 2 aromatic carbocycles. The Morgan fingerprint density at radius 1 is 0.968 bits per heavy atom. The summed E-state index contributed by atoms with van der Waals surface area (Å²) in [6.07, 6.45) is 1.24. The van der Waals surface area contributed by atoms with E-state index < -0.39 is 10.0 Å². The van der Waals surface area contributed by atoms with Gasteiger partial charge in [-0.05, 0) is 36.5 Å². The Morgan fingerprint density at radius 2 is 1.65 bits per heavy atom. The highest BCUT2D eigenvalue weighted by molar-refractivity contribution is 7.89. The minimum absolute atomic E-state index is 0.0819. The molecule has 0 saturated carbocycles. The van der Waals surface area contributed by atoms with Crippen LogP contribution in [0.25, 0.3) is 0 Å². The molecule has 0 aromatic heterocycles. The SMILES string of the molecule is O=C(C1CN(Cc2ccccc2)C1)N1CCC(C2Nc3ccccc3S(=O)(=O)N2)CC1. The summed E-state index contributed by atoms with van der Waals surface area (Å²) >= 11 is 0. The first-order valence-electron chi connectivity index (χ1n) is 10.9. The average Bonchev–Trinajstić information content (AvgIpc) is 2.76.